The van der Waals surface area contributed by atoms with Crippen LogP contribution in [-0.4, -0.2) is 0 Å². The number of nitriles is 1. The highest BCUT2D eigenvalue weighted by Gasteiger charge is 2.37. The van der Waals surface area contributed by atoms with Crippen LogP contribution in [0.25, 0.3) is 11.6 Å². The number of nitrogens with zero attached hydrogens (tertiary/aromatic N) is 2. The maximum Gasteiger partial charge on any atom is 0.416 e. The second-order valence-electron chi connectivity index (χ2n) is 8.06. The fraction of sp³-hybridized carbons (Fsp3) is 0.0690. The Morgan fingerprint density at radius 2 is 1.05 bits per heavy atom. The van der Waals surface area contributed by atoms with Crippen molar-refractivity contribution in [3.8, 4) is 6.07 Å². The smallest absolute Gasteiger partial charge is 0.311 e. The molecular weight excluding hydrogens is 490 g/mol. The molecule has 186 valence electrons. The first-order valence-electron chi connectivity index (χ1n) is 11.0. The predicted octanol–water partition coefficient (Wildman–Crippen LogP) is 9.26. The van der Waals surface area contributed by atoms with Gasteiger partial charge in [0, 0.05) is 17.1 Å². The molecule has 37 heavy (non-hydrogen) atoms. The van der Waals surface area contributed by atoms with E-state index in [2.05, 4.69) is 0 Å². The molecule has 0 N–H and O–H groups in total. The van der Waals surface area contributed by atoms with E-state index in [0.29, 0.717) is 17.7 Å². The molecule has 4 aromatic rings. The topological polar surface area (TPSA) is 27.0 Å². The zero-order chi connectivity index (χ0) is 26.6. The molecule has 2 nitrogen and oxygen atoms in total. The number of alkyl halides is 6. The van der Waals surface area contributed by atoms with Crippen LogP contribution in [0.15, 0.2) is 103 Å². The first-order valence-corrected chi connectivity index (χ1v) is 11.0. The summed E-state index contributed by atoms with van der Waals surface area (Å²) in [5, 5.41) is 9.58. The molecule has 0 aliphatic heterocycles. The molecule has 0 heterocycles. The van der Waals surface area contributed by atoms with Gasteiger partial charge in [-0.05, 0) is 71.8 Å². The summed E-state index contributed by atoms with van der Waals surface area (Å²) >= 11 is 0. The SMILES string of the molecule is N#C/C(=C\c1ccc(N(c2ccccc2)c2ccccc2)cc1)c1cc(C(F)(F)F)cc(C(F)(F)F)c1. The Bertz CT molecular complexity index is 1360. The third-order valence-corrected chi connectivity index (χ3v) is 5.51. The van der Waals surface area contributed by atoms with E-state index in [1.54, 1.807) is 30.3 Å². The minimum absolute atomic E-state index is 0.0367. The van der Waals surface area contributed by atoms with Crippen LogP contribution in [0.3, 0.4) is 0 Å². The predicted molar refractivity (Wildman–Crippen MR) is 131 cm³/mol. The highest BCUT2D eigenvalue weighted by Crippen LogP contribution is 2.38. The van der Waals surface area contributed by atoms with Crippen molar-refractivity contribution in [2.75, 3.05) is 4.90 Å². The van der Waals surface area contributed by atoms with Crippen molar-refractivity contribution in [2.24, 2.45) is 0 Å². The lowest BCUT2D eigenvalue weighted by Gasteiger charge is -2.25. The fourth-order valence-electron chi connectivity index (χ4n) is 3.78. The van der Waals surface area contributed by atoms with Crippen molar-refractivity contribution in [1.29, 1.82) is 5.26 Å². The number of para-hydroxylation sites is 2. The number of anilines is 3. The standard InChI is InChI=1S/C29H18F6N2/c30-28(31,32)23-16-21(17-24(18-23)29(33,34)35)22(19-36)15-20-11-13-27(14-12-20)37(25-7-3-1-4-8-25)26-9-5-2-6-10-26/h1-18H/b22-15+. The van der Waals surface area contributed by atoms with Gasteiger partial charge in [-0.3, -0.25) is 0 Å². The first-order chi connectivity index (χ1) is 17.6. The van der Waals surface area contributed by atoms with Crippen molar-refractivity contribution in [1.82, 2.24) is 0 Å². The van der Waals surface area contributed by atoms with Crippen LogP contribution in [0.4, 0.5) is 43.4 Å². The van der Waals surface area contributed by atoms with Crippen molar-refractivity contribution >= 4 is 28.7 Å². The summed E-state index contributed by atoms with van der Waals surface area (Å²) in [5.41, 5.74) is -0.767. The lowest BCUT2D eigenvalue weighted by molar-refractivity contribution is -0.143. The summed E-state index contributed by atoms with van der Waals surface area (Å²) in [7, 11) is 0. The summed E-state index contributed by atoms with van der Waals surface area (Å²) in [6.45, 7) is 0. The highest BCUT2D eigenvalue weighted by molar-refractivity contribution is 5.90. The van der Waals surface area contributed by atoms with E-state index in [4.69, 9.17) is 0 Å². The van der Waals surface area contributed by atoms with Crippen LogP contribution in [0.1, 0.15) is 22.3 Å². The average Bonchev–Trinajstić information content (AvgIpc) is 2.88. The zero-order valence-electron chi connectivity index (χ0n) is 19.1. The van der Waals surface area contributed by atoms with Crippen molar-refractivity contribution in [2.45, 2.75) is 12.4 Å². The van der Waals surface area contributed by atoms with Crippen LogP contribution >= 0.6 is 0 Å². The van der Waals surface area contributed by atoms with Gasteiger partial charge in [-0.25, -0.2) is 0 Å². The summed E-state index contributed by atoms with van der Waals surface area (Å²) in [4.78, 5) is 1.99. The summed E-state index contributed by atoms with van der Waals surface area (Å²) in [6, 6.07) is 28.7. The Balaban J connectivity index is 1.74. The van der Waals surface area contributed by atoms with E-state index in [9.17, 15) is 31.6 Å². The molecule has 0 unspecified atom stereocenters. The molecule has 8 heteroatoms. The van der Waals surface area contributed by atoms with E-state index >= 15 is 0 Å². The maximum atomic E-state index is 13.3. The van der Waals surface area contributed by atoms with E-state index in [1.807, 2.05) is 65.6 Å². The van der Waals surface area contributed by atoms with E-state index < -0.39 is 29.0 Å². The minimum atomic E-state index is -5.00. The molecule has 0 spiro atoms. The van der Waals surface area contributed by atoms with Crippen LogP contribution in [0.5, 0.6) is 0 Å². The van der Waals surface area contributed by atoms with Gasteiger partial charge < -0.3 is 4.90 Å². The van der Waals surface area contributed by atoms with E-state index in [1.165, 1.54) is 6.08 Å². The van der Waals surface area contributed by atoms with E-state index in [0.717, 1.165) is 17.1 Å². The Kier molecular flexibility index (Phi) is 7.07. The lowest BCUT2D eigenvalue weighted by Crippen LogP contribution is -2.11. The molecule has 0 fully saturated rings. The molecule has 0 saturated heterocycles. The quantitative estimate of drug-likeness (QED) is 0.153. The molecule has 0 saturated carbocycles. The molecule has 0 amide bonds. The highest BCUT2D eigenvalue weighted by atomic mass is 19.4. The van der Waals surface area contributed by atoms with Crippen molar-refractivity contribution < 1.29 is 26.3 Å². The van der Waals surface area contributed by atoms with Gasteiger partial charge in [-0.2, -0.15) is 31.6 Å². The molecule has 0 aliphatic rings. The largest absolute Gasteiger partial charge is 0.416 e. The normalized spacial score (nSPS) is 12.2. The summed E-state index contributed by atoms with van der Waals surface area (Å²) in [5.74, 6) is 0. The lowest BCUT2D eigenvalue weighted by atomic mass is 9.98. The van der Waals surface area contributed by atoms with Crippen LogP contribution in [0.2, 0.25) is 0 Å². The van der Waals surface area contributed by atoms with Crippen LogP contribution in [-0.2, 0) is 12.4 Å². The zero-order valence-corrected chi connectivity index (χ0v) is 19.1. The minimum Gasteiger partial charge on any atom is -0.311 e. The number of hydrogen-bond donors (Lipinski definition) is 0. The molecule has 0 radical (unpaired) electrons. The molecule has 4 aromatic carbocycles. The molecule has 0 bridgehead atoms. The first kappa shape index (κ1) is 25.6. The van der Waals surface area contributed by atoms with E-state index in [-0.39, 0.29) is 11.6 Å². The number of allylic oxidation sites excluding steroid dienone is 1. The summed E-state index contributed by atoms with van der Waals surface area (Å²) in [6.07, 6.45) is -8.75. The fourth-order valence-corrected chi connectivity index (χ4v) is 3.78. The second-order valence-corrected chi connectivity index (χ2v) is 8.06. The molecule has 0 aliphatic carbocycles. The van der Waals surface area contributed by atoms with Crippen molar-refractivity contribution in [3.63, 3.8) is 0 Å². The van der Waals surface area contributed by atoms with Gasteiger partial charge in [-0.15, -0.1) is 0 Å². The Morgan fingerprint density at radius 1 is 0.622 bits per heavy atom. The Morgan fingerprint density at radius 3 is 1.46 bits per heavy atom. The van der Waals surface area contributed by atoms with Gasteiger partial charge >= 0.3 is 12.4 Å². The maximum absolute atomic E-state index is 13.3. The van der Waals surface area contributed by atoms with Crippen LogP contribution in [0, 0.1) is 11.3 Å². The number of rotatable bonds is 5. The second kappa shape index (κ2) is 10.2. The Hall–Kier alpha value is -4.51. The average molecular weight is 508 g/mol. The van der Waals surface area contributed by atoms with Crippen molar-refractivity contribution in [3.05, 3.63) is 125 Å². The van der Waals surface area contributed by atoms with Gasteiger partial charge in [0.15, 0.2) is 0 Å². The van der Waals surface area contributed by atoms with Gasteiger partial charge in [0.25, 0.3) is 0 Å². The third kappa shape index (κ3) is 6.01. The van der Waals surface area contributed by atoms with Gasteiger partial charge in [0.1, 0.15) is 0 Å². The number of hydrogen-bond acceptors (Lipinski definition) is 2. The molecular formula is C29H18F6N2. The third-order valence-electron chi connectivity index (χ3n) is 5.51. The Labute approximate surface area is 209 Å². The van der Waals surface area contributed by atoms with Gasteiger partial charge in [-0.1, -0.05) is 48.5 Å². The van der Waals surface area contributed by atoms with Crippen LogP contribution < -0.4 is 4.90 Å². The van der Waals surface area contributed by atoms with Gasteiger partial charge in [0.2, 0.25) is 0 Å². The number of halogens is 6. The molecule has 4 rings (SSSR count). The summed E-state index contributed by atoms with van der Waals surface area (Å²) < 4.78 is 79.5. The molecule has 0 atom stereocenters. The van der Waals surface area contributed by atoms with Gasteiger partial charge in [0.05, 0.1) is 22.8 Å². The molecule has 0 aromatic heterocycles. The number of benzene rings is 4. The monoisotopic (exact) mass is 508 g/mol.